The van der Waals surface area contributed by atoms with Crippen molar-refractivity contribution in [2.75, 3.05) is 38.8 Å². The van der Waals surface area contributed by atoms with Gasteiger partial charge >= 0.3 is 0 Å². The lowest BCUT2D eigenvalue weighted by atomic mass is 10.1. The normalized spacial score (nSPS) is 10.2. The van der Waals surface area contributed by atoms with Gasteiger partial charge in [-0.05, 0) is 18.2 Å². The molecule has 0 spiro atoms. The molecule has 0 fully saturated rings. The summed E-state index contributed by atoms with van der Waals surface area (Å²) in [5.41, 5.74) is 0.814. The largest absolute Gasteiger partial charge is 0.394 e. The van der Waals surface area contributed by atoms with Gasteiger partial charge in [0, 0.05) is 23.9 Å². The second kappa shape index (κ2) is 13.1. The molecule has 0 unspecified atom stereocenters. The minimum absolute atomic E-state index is 0.156. The van der Waals surface area contributed by atoms with Crippen LogP contribution in [0.4, 0.5) is 5.69 Å². The minimum atomic E-state index is -0.804. The van der Waals surface area contributed by atoms with E-state index in [4.69, 9.17) is 20.4 Å². The molecule has 0 aliphatic carbocycles. The molecule has 0 saturated heterocycles. The summed E-state index contributed by atoms with van der Waals surface area (Å²) in [5.74, 6) is -1.12. The topological polar surface area (TPSA) is 151 Å². The maximum Gasteiger partial charge on any atom is 0.251 e. The molecule has 148 valence electrons. The second-order valence-electron chi connectivity index (χ2n) is 5.12. The van der Waals surface area contributed by atoms with E-state index in [1.807, 2.05) is 13.8 Å². The number of carbonyl (C=O) groups is 2. The number of anilines is 1. The summed E-state index contributed by atoms with van der Waals surface area (Å²) in [6.07, 6.45) is 0. The Morgan fingerprint density at radius 1 is 0.808 bits per heavy atom. The molecule has 9 heteroatoms. The van der Waals surface area contributed by atoms with Crippen molar-refractivity contribution in [1.82, 2.24) is 10.6 Å². The van der Waals surface area contributed by atoms with Crippen LogP contribution in [0.2, 0.25) is 0 Å². The predicted molar refractivity (Wildman–Crippen MR) is 98.2 cm³/mol. The van der Waals surface area contributed by atoms with Gasteiger partial charge < -0.3 is 36.4 Å². The summed E-state index contributed by atoms with van der Waals surface area (Å²) in [4.78, 5) is 24.4. The number of aliphatic hydroxyl groups is 4. The highest BCUT2D eigenvalue weighted by Crippen LogP contribution is 2.15. The molecule has 2 amide bonds. The molecular weight excluding hydrogens is 342 g/mol. The molecule has 1 aromatic carbocycles. The van der Waals surface area contributed by atoms with Crippen molar-refractivity contribution in [2.24, 2.45) is 0 Å². The van der Waals surface area contributed by atoms with E-state index in [-0.39, 0.29) is 11.1 Å². The van der Waals surface area contributed by atoms with Gasteiger partial charge in [-0.25, -0.2) is 0 Å². The molecule has 0 saturated carbocycles. The van der Waals surface area contributed by atoms with E-state index in [1.165, 1.54) is 18.2 Å². The molecule has 0 atom stereocenters. The molecule has 0 bridgehead atoms. The first-order chi connectivity index (χ1) is 12.5. The molecule has 9 nitrogen and oxygen atoms in total. The zero-order valence-corrected chi connectivity index (χ0v) is 15.3. The van der Waals surface area contributed by atoms with Gasteiger partial charge in [0.05, 0.1) is 38.5 Å². The van der Waals surface area contributed by atoms with Gasteiger partial charge in [-0.3, -0.25) is 9.59 Å². The van der Waals surface area contributed by atoms with Gasteiger partial charge in [-0.2, -0.15) is 0 Å². The standard InChI is InChI=1S/C15H23N3O6.C2H6/c1-16-11-3-9(14(23)17-12(5-19)6-20)2-10(4-11)15(24)18-13(7-21)8-22;1-2/h2-4,12-13,16,19-22H,5-8H2,1H3,(H,17,23)(H,18,24);1-2H3. The Morgan fingerprint density at radius 2 is 1.15 bits per heavy atom. The van der Waals surface area contributed by atoms with Gasteiger partial charge in [0.1, 0.15) is 0 Å². The molecule has 0 radical (unpaired) electrons. The van der Waals surface area contributed by atoms with E-state index in [2.05, 4.69) is 16.0 Å². The fourth-order valence-electron chi connectivity index (χ4n) is 1.87. The van der Waals surface area contributed by atoms with Crippen molar-refractivity contribution in [3.05, 3.63) is 29.3 Å². The number of carbonyl (C=O) groups excluding carboxylic acids is 2. The van der Waals surface area contributed by atoms with Crippen LogP contribution in [0.5, 0.6) is 0 Å². The first-order valence-corrected chi connectivity index (χ1v) is 8.37. The van der Waals surface area contributed by atoms with Crippen molar-refractivity contribution in [1.29, 1.82) is 0 Å². The number of amides is 2. The van der Waals surface area contributed by atoms with Crippen molar-refractivity contribution >= 4 is 17.5 Å². The van der Waals surface area contributed by atoms with Crippen LogP contribution in [0.25, 0.3) is 0 Å². The Morgan fingerprint density at radius 3 is 1.42 bits per heavy atom. The van der Waals surface area contributed by atoms with Gasteiger partial charge in [-0.1, -0.05) is 13.8 Å². The zero-order chi connectivity index (χ0) is 20.1. The Labute approximate surface area is 153 Å². The fourth-order valence-corrected chi connectivity index (χ4v) is 1.87. The molecular formula is C17H29N3O6. The smallest absolute Gasteiger partial charge is 0.251 e. The number of nitrogens with one attached hydrogen (secondary N) is 3. The third kappa shape index (κ3) is 7.36. The summed E-state index contributed by atoms with van der Waals surface area (Å²) in [7, 11) is 1.62. The summed E-state index contributed by atoms with van der Waals surface area (Å²) < 4.78 is 0. The molecule has 0 aliphatic heterocycles. The lowest BCUT2D eigenvalue weighted by molar-refractivity contribution is 0.0877. The van der Waals surface area contributed by atoms with Crippen LogP contribution in [0.15, 0.2) is 18.2 Å². The summed E-state index contributed by atoms with van der Waals surface area (Å²) in [5, 5.41) is 43.8. The van der Waals surface area contributed by atoms with E-state index in [0.29, 0.717) is 5.69 Å². The van der Waals surface area contributed by atoms with Crippen LogP contribution in [-0.4, -0.2) is 77.8 Å². The summed E-state index contributed by atoms with van der Waals surface area (Å²) >= 11 is 0. The second-order valence-corrected chi connectivity index (χ2v) is 5.12. The Balaban J connectivity index is 0.00000301. The van der Waals surface area contributed by atoms with E-state index in [9.17, 15) is 9.59 Å². The van der Waals surface area contributed by atoms with Crippen LogP contribution < -0.4 is 16.0 Å². The number of hydrogen-bond acceptors (Lipinski definition) is 7. The van der Waals surface area contributed by atoms with Gasteiger partial charge in [0.15, 0.2) is 0 Å². The molecule has 0 aromatic heterocycles. The summed E-state index contributed by atoms with van der Waals surface area (Å²) in [6, 6.07) is 2.74. The van der Waals surface area contributed by atoms with Crippen LogP contribution in [0.1, 0.15) is 34.6 Å². The number of benzene rings is 1. The average Bonchev–Trinajstić information content (AvgIpc) is 2.70. The van der Waals surface area contributed by atoms with Crippen LogP contribution in [0.3, 0.4) is 0 Å². The van der Waals surface area contributed by atoms with Gasteiger partial charge in [0.2, 0.25) is 0 Å². The maximum absolute atomic E-state index is 12.2. The van der Waals surface area contributed by atoms with Crippen molar-refractivity contribution in [2.45, 2.75) is 25.9 Å². The van der Waals surface area contributed by atoms with Gasteiger partial charge in [-0.15, -0.1) is 0 Å². The van der Waals surface area contributed by atoms with Crippen molar-refractivity contribution in [3.8, 4) is 0 Å². The SMILES string of the molecule is CC.CNc1cc(C(=O)NC(CO)CO)cc(C(=O)NC(CO)CO)c1. The van der Waals surface area contributed by atoms with Crippen molar-refractivity contribution in [3.63, 3.8) is 0 Å². The van der Waals surface area contributed by atoms with E-state index >= 15 is 0 Å². The third-order valence-electron chi connectivity index (χ3n) is 3.30. The molecule has 1 rings (SSSR count). The minimum Gasteiger partial charge on any atom is -0.394 e. The quantitative estimate of drug-likeness (QED) is 0.292. The lowest BCUT2D eigenvalue weighted by Crippen LogP contribution is -2.41. The Hall–Kier alpha value is -2.20. The molecule has 1 aromatic rings. The van der Waals surface area contributed by atoms with Crippen LogP contribution in [0, 0.1) is 0 Å². The van der Waals surface area contributed by atoms with E-state index < -0.39 is 50.3 Å². The average molecular weight is 371 g/mol. The number of hydrogen-bond donors (Lipinski definition) is 7. The van der Waals surface area contributed by atoms with Crippen molar-refractivity contribution < 1.29 is 30.0 Å². The predicted octanol–water partition coefficient (Wildman–Crippen LogP) is -1.08. The third-order valence-corrected chi connectivity index (χ3v) is 3.30. The van der Waals surface area contributed by atoms with Gasteiger partial charge in [0.25, 0.3) is 11.8 Å². The highest BCUT2D eigenvalue weighted by molar-refractivity contribution is 6.01. The molecule has 7 N–H and O–H groups in total. The molecule has 0 heterocycles. The van der Waals surface area contributed by atoms with Crippen LogP contribution >= 0.6 is 0 Å². The van der Waals surface area contributed by atoms with E-state index in [0.717, 1.165) is 0 Å². The maximum atomic E-state index is 12.2. The summed E-state index contributed by atoms with van der Waals surface area (Å²) in [6.45, 7) is 2.32. The highest BCUT2D eigenvalue weighted by atomic mass is 16.3. The monoisotopic (exact) mass is 371 g/mol. The lowest BCUT2D eigenvalue weighted by Gasteiger charge is -2.16. The first-order valence-electron chi connectivity index (χ1n) is 8.37. The van der Waals surface area contributed by atoms with Crippen LogP contribution in [-0.2, 0) is 0 Å². The first kappa shape index (κ1) is 23.8. The number of rotatable bonds is 9. The number of aliphatic hydroxyl groups excluding tert-OH is 4. The Bertz CT molecular complexity index is 515. The van der Waals surface area contributed by atoms with E-state index in [1.54, 1.807) is 7.05 Å². The molecule has 26 heavy (non-hydrogen) atoms. The zero-order valence-electron chi connectivity index (χ0n) is 15.3. The fraction of sp³-hybridized carbons (Fsp3) is 0.529. The molecule has 0 aliphatic rings. The highest BCUT2D eigenvalue weighted by Gasteiger charge is 2.17. The Kier molecular flexibility index (Phi) is 12.0.